The number of hydrogen-bond acceptors (Lipinski definition) is 5. The van der Waals surface area contributed by atoms with Crippen molar-refractivity contribution in [1.29, 1.82) is 0 Å². The lowest BCUT2D eigenvalue weighted by Crippen LogP contribution is -2.27. The number of rotatable bonds is 10. The average Bonchev–Trinajstić information content (AvgIpc) is 2.77. The molecule has 0 amide bonds. The Balaban J connectivity index is 2.64. The van der Waals surface area contributed by atoms with Gasteiger partial charge in [0.1, 0.15) is 16.4 Å². The Hall–Kier alpha value is -0.890. The van der Waals surface area contributed by atoms with Gasteiger partial charge in [-0.2, -0.15) is 0 Å². The van der Waals surface area contributed by atoms with Crippen molar-refractivity contribution in [3.05, 3.63) is 17.6 Å². The quantitative estimate of drug-likeness (QED) is 0.639. The first kappa shape index (κ1) is 17.2. The molecule has 0 radical (unpaired) electrons. The number of aryl methyl sites for hydroxylation is 1. The minimum Gasteiger partial charge on any atom is -0.464 e. The highest BCUT2D eigenvalue weighted by molar-refractivity contribution is 7.89. The summed E-state index contributed by atoms with van der Waals surface area (Å²) < 4.78 is 37.3. The van der Waals surface area contributed by atoms with E-state index in [1.54, 1.807) is 13.0 Å². The summed E-state index contributed by atoms with van der Waals surface area (Å²) in [5.41, 5.74) is 0. The summed E-state index contributed by atoms with van der Waals surface area (Å²) in [6, 6.07) is 1.57. The van der Waals surface area contributed by atoms with Gasteiger partial charge in [-0.15, -0.1) is 0 Å². The number of sulfonamides is 1. The van der Waals surface area contributed by atoms with E-state index in [0.717, 1.165) is 13.0 Å². The molecule has 0 aliphatic heterocycles. The van der Waals surface area contributed by atoms with E-state index in [0.29, 0.717) is 31.3 Å². The molecule has 1 aromatic rings. The number of furan rings is 1. The van der Waals surface area contributed by atoms with Crippen molar-refractivity contribution in [2.45, 2.75) is 38.6 Å². The Labute approximate surface area is 120 Å². The van der Waals surface area contributed by atoms with Crippen LogP contribution in [0.5, 0.6) is 0 Å². The summed E-state index contributed by atoms with van der Waals surface area (Å²) in [5, 5.41) is 3.17. The van der Waals surface area contributed by atoms with Crippen LogP contribution in [0.3, 0.4) is 0 Å². The van der Waals surface area contributed by atoms with E-state index in [4.69, 9.17) is 9.15 Å². The van der Waals surface area contributed by atoms with E-state index < -0.39 is 10.0 Å². The minimum absolute atomic E-state index is 0.197. The maximum atomic E-state index is 12.1. The third kappa shape index (κ3) is 5.24. The standard InChI is InChI=1S/C13H24N2O4S/c1-4-6-14-10-12-9-13(11(3)19-12)20(16,17)15-7-8-18-5-2/h9,14-15H,4-8,10H2,1-3H3. The topological polar surface area (TPSA) is 80.6 Å². The van der Waals surface area contributed by atoms with Crippen LogP contribution < -0.4 is 10.0 Å². The summed E-state index contributed by atoms with van der Waals surface area (Å²) in [7, 11) is -3.53. The predicted octanol–water partition coefficient (Wildman–Crippen LogP) is 1.40. The lowest BCUT2D eigenvalue weighted by atomic mass is 10.4. The summed E-state index contributed by atoms with van der Waals surface area (Å²) in [6.45, 7) is 8.17. The highest BCUT2D eigenvalue weighted by Crippen LogP contribution is 2.19. The zero-order valence-corrected chi connectivity index (χ0v) is 13.2. The molecular formula is C13H24N2O4S. The monoisotopic (exact) mass is 304 g/mol. The first-order valence-electron chi connectivity index (χ1n) is 6.88. The molecule has 1 heterocycles. The highest BCUT2D eigenvalue weighted by Gasteiger charge is 2.20. The molecular weight excluding hydrogens is 280 g/mol. The van der Waals surface area contributed by atoms with Crippen LogP contribution in [0.15, 0.2) is 15.4 Å². The van der Waals surface area contributed by atoms with Crippen LogP contribution in [0.4, 0.5) is 0 Å². The van der Waals surface area contributed by atoms with E-state index in [2.05, 4.69) is 17.0 Å². The molecule has 0 fully saturated rings. The molecule has 0 spiro atoms. The fourth-order valence-corrected chi connectivity index (χ4v) is 2.95. The SMILES string of the molecule is CCCNCc1cc(S(=O)(=O)NCCOCC)c(C)o1. The van der Waals surface area contributed by atoms with Gasteiger partial charge in [0.2, 0.25) is 10.0 Å². The maximum Gasteiger partial charge on any atom is 0.244 e. The van der Waals surface area contributed by atoms with Crippen molar-refractivity contribution in [3.8, 4) is 0 Å². The van der Waals surface area contributed by atoms with Gasteiger partial charge in [-0.1, -0.05) is 6.92 Å². The zero-order chi connectivity index (χ0) is 15.0. The summed E-state index contributed by atoms with van der Waals surface area (Å²) in [5.74, 6) is 1.03. The van der Waals surface area contributed by atoms with Gasteiger partial charge in [0.05, 0.1) is 13.2 Å². The van der Waals surface area contributed by atoms with Crippen LogP contribution >= 0.6 is 0 Å². The van der Waals surface area contributed by atoms with Crippen LogP contribution in [-0.2, 0) is 21.3 Å². The molecule has 20 heavy (non-hydrogen) atoms. The smallest absolute Gasteiger partial charge is 0.244 e. The van der Waals surface area contributed by atoms with E-state index in [1.165, 1.54) is 0 Å². The summed E-state index contributed by atoms with van der Waals surface area (Å²) in [4.78, 5) is 0.197. The molecule has 1 aromatic heterocycles. The third-order valence-corrected chi connectivity index (χ3v) is 4.25. The molecule has 7 heteroatoms. The Kier molecular flexibility index (Phi) is 7.22. The molecule has 2 N–H and O–H groups in total. The van der Waals surface area contributed by atoms with Crippen molar-refractivity contribution in [1.82, 2.24) is 10.0 Å². The minimum atomic E-state index is -3.53. The number of nitrogens with one attached hydrogen (secondary N) is 2. The second kappa shape index (κ2) is 8.41. The number of ether oxygens (including phenoxy) is 1. The third-order valence-electron chi connectivity index (χ3n) is 2.68. The van der Waals surface area contributed by atoms with Gasteiger partial charge in [-0.05, 0) is 26.8 Å². The first-order valence-corrected chi connectivity index (χ1v) is 8.37. The lowest BCUT2D eigenvalue weighted by Gasteiger charge is -2.05. The molecule has 1 rings (SSSR count). The molecule has 0 unspecified atom stereocenters. The van der Waals surface area contributed by atoms with Crippen LogP contribution in [-0.4, -0.2) is 34.7 Å². The Morgan fingerprint density at radius 1 is 1.30 bits per heavy atom. The largest absolute Gasteiger partial charge is 0.464 e. The van der Waals surface area contributed by atoms with Crippen molar-refractivity contribution in [2.75, 3.05) is 26.3 Å². The normalized spacial score (nSPS) is 11.9. The summed E-state index contributed by atoms with van der Waals surface area (Å²) >= 11 is 0. The van der Waals surface area contributed by atoms with Gasteiger partial charge < -0.3 is 14.5 Å². The second-order valence-corrected chi connectivity index (χ2v) is 6.14. The van der Waals surface area contributed by atoms with Gasteiger partial charge in [-0.25, -0.2) is 13.1 Å². The summed E-state index contributed by atoms with van der Waals surface area (Å²) in [6.07, 6.45) is 1.02. The maximum absolute atomic E-state index is 12.1. The molecule has 0 saturated carbocycles. The van der Waals surface area contributed by atoms with Gasteiger partial charge in [0.25, 0.3) is 0 Å². The van der Waals surface area contributed by atoms with E-state index in [9.17, 15) is 8.42 Å². The van der Waals surface area contributed by atoms with Gasteiger partial charge in [-0.3, -0.25) is 0 Å². The molecule has 0 aliphatic carbocycles. The van der Waals surface area contributed by atoms with Crippen molar-refractivity contribution >= 4 is 10.0 Å². The number of hydrogen-bond donors (Lipinski definition) is 2. The van der Waals surface area contributed by atoms with Crippen LogP contribution in [0.25, 0.3) is 0 Å². The van der Waals surface area contributed by atoms with Crippen LogP contribution in [0.1, 0.15) is 31.8 Å². The molecule has 0 atom stereocenters. The molecule has 0 bridgehead atoms. The highest BCUT2D eigenvalue weighted by atomic mass is 32.2. The fraction of sp³-hybridized carbons (Fsp3) is 0.692. The molecule has 0 saturated heterocycles. The van der Waals surface area contributed by atoms with Crippen molar-refractivity contribution in [3.63, 3.8) is 0 Å². The van der Waals surface area contributed by atoms with Gasteiger partial charge >= 0.3 is 0 Å². The molecule has 116 valence electrons. The van der Waals surface area contributed by atoms with E-state index >= 15 is 0 Å². The van der Waals surface area contributed by atoms with Gasteiger partial charge in [0.15, 0.2) is 0 Å². The molecule has 0 aromatic carbocycles. The van der Waals surface area contributed by atoms with E-state index in [1.807, 2.05) is 6.92 Å². The predicted molar refractivity (Wildman–Crippen MR) is 77.1 cm³/mol. The Morgan fingerprint density at radius 2 is 2.05 bits per heavy atom. The van der Waals surface area contributed by atoms with Crippen LogP contribution in [0, 0.1) is 6.92 Å². The molecule has 6 nitrogen and oxygen atoms in total. The van der Waals surface area contributed by atoms with Crippen molar-refractivity contribution in [2.24, 2.45) is 0 Å². The second-order valence-electron chi connectivity index (χ2n) is 4.40. The molecule has 0 aliphatic rings. The average molecular weight is 304 g/mol. The first-order chi connectivity index (χ1) is 9.51. The van der Waals surface area contributed by atoms with Gasteiger partial charge in [0, 0.05) is 19.2 Å². The Bertz CT molecular complexity index is 496. The Morgan fingerprint density at radius 3 is 2.70 bits per heavy atom. The zero-order valence-electron chi connectivity index (χ0n) is 12.4. The van der Waals surface area contributed by atoms with Crippen LogP contribution in [0.2, 0.25) is 0 Å². The van der Waals surface area contributed by atoms with Crippen molar-refractivity contribution < 1.29 is 17.6 Å². The lowest BCUT2D eigenvalue weighted by molar-refractivity contribution is 0.153. The van der Waals surface area contributed by atoms with E-state index in [-0.39, 0.29) is 11.4 Å². The fourth-order valence-electron chi connectivity index (χ4n) is 1.74.